The molecule has 0 fully saturated rings. The third-order valence-electron chi connectivity index (χ3n) is 4.85. The number of halogens is 2. The molecule has 6 nitrogen and oxygen atoms in total. The molecule has 0 saturated heterocycles. The first kappa shape index (κ1) is 23.8. The van der Waals surface area contributed by atoms with Crippen molar-refractivity contribution in [3.05, 3.63) is 63.0 Å². The van der Waals surface area contributed by atoms with Crippen LogP contribution in [0.1, 0.15) is 48.1 Å². The van der Waals surface area contributed by atoms with E-state index >= 15 is 0 Å². The molecule has 3 aromatic rings. The quantitative estimate of drug-likeness (QED) is 0.314. The number of aromatic nitrogens is 2. The third-order valence-corrected chi connectivity index (χ3v) is 7.26. The summed E-state index contributed by atoms with van der Waals surface area (Å²) in [6.45, 7) is 4.36. The van der Waals surface area contributed by atoms with Gasteiger partial charge in [-0.3, -0.25) is 4.79 Å². The summed E-state index contributed by atoms with van der Waals surface area (Å²) in [5.41, 5.74) is 1.95. The average molecular weight is 500 g/mol. The minimum atomic E-state index is -3.02. The van der Waals surface area contributed by atoms with E-state index in [0.717, 1.165) is 33.2 Å². The van der Waals surface area contributed by atoms with Crippen LogP contribution in [0.2, 0.25) is 9.36 Å². The number of thiol groups is 1. The van der Waals surface area contributed by atoms with Gasteiger partial charge >= 0.3 is 0 Å². The van der Waals surface area contributed by atoms with Crippen LogP contribution in [-0.4, -0.2) is 34.7 Å². The van der Waals surface area contributed by atoms with Gasteiger partial charge in [0.05, 0.1) is 10.9 Å². The van der Waals surface area contributed by atoms with Gasteiger partial charge < -0.3 is 4.57 Å². The van der Waals surface area contributed by atoms with E-state index in [4.69, 9.17) is 23.2 Å². The highest BCUT2D eigenvalue weighted by Gasteiger charge is 2.21. The molecule has 2 aromatic heterocycles. The maximum atomic E-state index is 12.7. The van der Waals surface area contributed by atoms with Crippen LogP contribution in [0, 0.1) is 6.92 Å². The van der Waals surface area contributed by atoms with E-state index in [9.17, 15) is 13.2 Å². The van der Waals surface area contributed by atoms with Crippen LogP contribution in [0.15, 0.2) is 36.5 Å². The Morgan fingerprint density at radius 3 is 2.58 bits per heavy atom. The number of amides is 1. The smallest absolute Gasteiger partial charge is 0.287 e. The number of thiophene rings is 1. The second kappa shape index (κ2) is 10.6. The Bertz CT molecular complexity index is 1150. The molecule has 0 unspecified atom stereocenters. The molecule has 1 aromatic carbocycles. The topological polar surface area (TPSA) is 72.3 Å². The molecule has 0 aliphatic rings. The van der Waals surface area contributed by atoms with Gasteiger partial charge in [0.2, 0.25) is 10.9 Å². The van der Waals surface area contributed by atoms with Gasteiger partial charge in [-0.1, -0.05) is 55.1 Å². The third kappa shape index (κ3) is 5.88. The lowest BCUT2D eigenvalue weighted by Crippen LogP contribution is -2.30. The minimum absolute atomic E-state index is 0.106. The number of unbranched alkanes of at least 4 members (excludes halogenated alkanes) is 2. The molecule has 0 atom stereocenters. The van der Waals surface area contributed by atoms with E-state index in [1.165, 1.54) is 11.3 Å². The zero-order valence-corrected chi connectivity index (χ0v) is 20.4. The summed E-state index contributed by atoms with van der Waals surface area (Å²) in [6, 6.07) is 9.58. The van der Waals surface area contributed by atoms with Gasteiger partial charge in [-0.25, -0.2) is 17.7 Å². The fourth-order valence-electron chi connectivity index (χ4n) is 3.15. The van der Waals surface area contributed by atoms with Crippen molar-refractivity contribution in [3.63, 3.8) is 0 Å². The number of rotatable bonds is 9. The number of nitrogens with zero attached hydrogens (tertiary/aromatic N) is 3. The molecule has 0 N–H and O–H groups in total. The van der Waals surface area contributed by atoms with Crippen LogP contribution in [0.25, 0.3) is 10.4 Å². The highest BCUT2D eigenvalue weighted by molar-refractivity contribution is 7.70. The first-order valence-corrected chi connectivity index (χ1v) is 12.5. The summed E-state index contributed by atoms with van der Waals surface area (Å²) in [5, 5.41) is 0.590. The van der Waals surface area contributed by atoms with Crippen LogP contribution >= 0.6 is 34.5 Å². The van der Waals surface area contributed by atoms with E-state index in [-0.39, 0.29) is 12.2 Å². The van der Waals surface area contributed by atoms with Crippen LogP contribution in [-0.2, 0) is 17.4 Å². The van der Waals surface area contributed by atoms with Crippen molar-refractivity contribution in [1.82, 2.24) is 13.9 Å². The van der Waals surface area contributed by atoms with E-state index in [1.54, 1.807) is 17.7 Å². The van der Waals surface area contributed by atoms with Crippen molar-refractivity contribution in [2.45, 2.75) is 39.7 Å². The summed E-state index contributed by atoms with van der Waals surface area (Å²) < 4.78 is 26.5. The van der Waals surface area contributed by atoms with E-state index in [0.29, 0.717) is 28.1 Å². The van der Waals surface area contributed by atoms with Crippen LogP contribution in [0.5, 0.6) is 0 Å². The normalized spacial score (nSPS) is 11.3. The Kier molecular flexibility index (Phi) is 8.16. The lowest BCUT2D eigenvalue weighted by Gasteiger charge is -2.13. The Balaban J connectivity index is 1.78. The number of carbonyl (C=O) groups is 1. The van der Waals surface area contributed by atoms with Gasteiger partial charge in [-0.05, 0) is 42.7 Å². The number of hydrogen-bond donors (Lipinski definition) is 1. The first-order valence-electron chi connectivity index (χ1n) is 9.84. The van der Waals surface area contributed by atoms with Crippen molar-refractivity contribution in [1.29, 1.82) is 0 Å². The SMILES string of the molecule is CCCCCN(C(=O)c1cn(Cc2ccc(-c3ccc(Cl)s3)cc2Cl)c(C)n1)[SH](=O)=O. The maximum Gasteiger partial charge on any atom is 0.287 e. The predicted octanol–water partition coefficient (Wildman–Crippen LogP) is 5.43. The summed E-state index contributed by atoms with van der Waals surface area (Å²) in [6.07, 6.45) is 3.99. The second-order valence-corrected chi connectivity index (χ2v) is 10.2. The molecular weight excluding hydrogens is 477 g/mol. The first-order chi connectivity index (χ1) is 14.8. The molecule has 2 heterocycles. The molecule has 3 rings (SSSR count). The standard InChI is InChI=1S/C21H23Cl2N3O3S2/c1-3-4-5-10-26(31(28)29)21(27)18-13-25(14(2)24-18)12-16-7-6-15(11-17(16)22)19-8-9-20(23)30-19/h6-9,11,13,31H,3-5,10,12H2,1-2H3. The van der Waals surface area contributed by atoms with E-state index in [2.05, 4.69) is 4.98 Å². The Hall–Kier alpha value is -1.87. The maximum absolute atomic E-state index is 12.7. The number of aryl methyl sites for hydroxylation is 1. The summed E-state index contributed by atoms with van der Waals surface area (Å²) in [4.78, 5) is 18.0. The van der Waals surface area contributed by atoms with Crippen molar-refractivity contribution < 1.29 is 13.2 Å². The zero-order chi connectivity index (χ0) is 22.5. The fourth-order valence-corrected chi connectivity index (χ4v) is 4.99. The second-order valence-electron chi connectivity index (χ2n) is 7.08. The predicted molar refractivity (Wildman–Crippen MR) is 127 cm³/mol. The van der Waals surface area contributed by atoms with Gasteiger partial charge in [0.1, 0.15) is 11.5 Å². The molecule has 10 heteroatoms. The molecule has 0 aliphatic heterocycles. The zero-order valence-electron chi connectivity index (χ0n) is 17.2. The molecule has 31 heavy (non-hydrogen) atoms. The van der Waals surface area contributed by atoms with Crippen LogP contribution < -0.4 is 0 Å². The molecule has 166 valence electrons. The number of carbonyl (C=O) groups excluding carboxylic acids is 1. The lowest BCUT2D eigenvalue weighted by atomic mass is 10.1. The van der Waals surface area contributed by atoms with E-state index < -0.39 is 16.8 Å². The highest BCUT2D eigenvalue weighted by Crippen LogP contribution is 2.33. The van der Waals surface area contributed by atoms with Gasteiger partial charge in [0, 0.05) is 22.6 Å². The van der Waals surface area contributed by atoms with Crippen molar-refractivity contribution in [3.8, 4) is 10.4 Å². The lowest BCUT2D eigenvalue weighted by molar-refractivity contribution is 0.0858. The summed E-state index contributed by atoms with van der Waals surface area (Å²) in [7, 11) is -3.02. The average Bonchev–Trinajstić information content (AvgIpc) is 3.32. The highest BCUT2D eigenvalue weighted by atomic mass is 35.5. The molecule has 0 bridgehead atoms. The van der Waals surface area contributed by atoms with Gasteiger partial charge in [-0.15, -0.1) is 11.3 Å². The molecule has 0 aliphatic carbocycles. The number of imidazole rings is 1. The van der Waals surface area contributed by atoms with Crippen LogP contribution in [0.3, 0.4) is 0 Å². The Labute approximate surface area is 197 Å². The van der Waals surface area contributed by atoms with Gasteiger partial charge in [0.25, 0.3) is 5.91 Å². The van der Waals surface area contributed by atoms with Crippen molar-refractivity contribution >= 4 is 51.3 Å². The van der Waals surface area contributed by atoms with Crippen LogP contribution in [0.4, 0.5) is 0 Å². The number of hydrogen-bond acceptors (Lipinski definition) is 5. The molecule has 0 spiro atoms. The van der Waals surface area contributed by atoms with E-state index in [1.807, 2.05) is 37.3 Å². The molecular formula is C21H23Cl2N3O3S2. The minimum Gasteiger partial charge on any atom is -0.330 e. The fraction of sp³-hybridized carbons (Fsp3) is 0.333. The van der Waals surface area contributed by atoms with Crippen molar-refractivity contribution in [2.75, 3.05) is 6.54 Å². The Morgan fingerprint density at radius 1 is 1.19 bits per heavy atom. The van der Waals surface area contributed by atoms with Gasteiger partial charge in [-0.2, -0.15) is 0 Å². The largest absolute Gasteiger partial charge is 0.330 e. The number of benzene rings is 1. The Morgan fingerprint density at radius 2 is 1.97 bits per heavy atom. The molecule has 0 radical (unpaired) electrons. The molecule has 1 amide bonds. The van der Waals surface area contributed by atoms with Gasteiger partial charge in [0.15, 0.2) is 0 Å². The van der Waals surface area contributed by atoms with Crippen molar-refractivity contribution in [2.24, 2.45) is 0 Å². The monoisotopic (exact) mass is 499 g/mol. The summed E-state index contributed by atoms with van der Waals surface area (Å²) >= 11 is 14.0. The molecule has 0 saturated carbocycles. The summed E-state index contributed by atoms with van der Waals surface area (Å²) in [5.74, 6) is -0.00625.